The standard InChI is InChI=1S/C20H18F3N3O3S.C10H6BrF3N2O.C10H13NO2S/c1-30(27,28)26(17-9-8-12-4-2-3-5-15(12)17)11-14-7-6-13(10-16(14)21)19-24-25-20(29-19)18(22)23;11-4-6-2-1-5(3-7(6)12)9-15-16-10(17-9)8(13)14;1-14(12,13)11-10-7-6-8-4-2-3-5-9(8)10/h2-7,10,17-18H,8-9,11H2,1H3;1-3,8H,4H2;2-5,10-11H,6-7H2,1H3/t17-;;10-/m1.1/s1. The molecule has 8 rings (SSSR count). The topological polar surface area (TPSA) is 161 Å². The van der Waals surface area contributed by atoms with Crippen LogP contribution in [0.1, 0.15) is 82.9 Å². The average molecular weight is 956 g/mol. The predicted molar refractivity (Wildman–Crippen MR) is 215 cm³/mol. The SMILES string of the molecule is CS(=O)(=O)N(Cc1ccc(-c2nnc(C(F)F)o2)cc1F)[C@@H]1CCc2ccccc21.CS(=O)(=O)N[C@@H]1CCc2ccccc21.Fc1cc(-c2nnc(C(F)F)o2)ccc1CBr. The number of nitrogens with one attached hydrogen (secondary N) is 1. The summed E-state index contributed by atoms with van der Waals surface area (Å²) < 4.78 is 139. The summed E-state index contributed by atoms with van der Waals surface area (Å²) in [6, 6.07) is 23.3. The van der Waals surface area contributed by atoms with Crippen LogP contribution in [0, 0.1) is 11.6 Å². The van der Waals surface area contributed by atoms with E-state index in [1.54, 1.807) is 0 Å². The Balaban J connectivity index is 0.000000169. The van der Waals surface area contributed by atoms with Crippen LogP contribution in [0.15, 0.2) is 93.8 Å². The first kappa shape index (κ1) is 45.6. The molecule has 2 aliphatic rings. The van der Waals surface area contributed by atoms with Crippen LogP contribution in [-0.4, -0.2) is 54.0 Å². The molecule has 0 saturated carbocycles. The van der Waals surface area contributed by atoms with E-state index in [1.165, 1.54) is 46.5 Å². The zero-order valence-electron chi connectivity index (χ0n) is 32.3. The Bertz CT molecular complexity index is 2700. The zero-order valence-corrected chi connectivity index (χ0v) is 35.5. The maximum absolute atomic E-state index is 14.8. The number of benzene rings is 4. The molecule has 2 atom stereocenters. The number of sulfonamides is 2. The van der Waals surface area contributed by atoms with Gasteiger partial charge >= 0.3 is 12.9 Å². The summed E-state index contributed by atoms with van der Waals surface area (Å²) in [4.78, 5) is 0. The summed E-state index contributed by atoms with van der Waals surface area (Å²) in [6.07, 6.45) is -0.257. The van der Waals surface area contributed by atoms with E-state index in [0.717, 1.165) is 48.3 Å². The first-order valence-electron chi connectivity index (χ1n) is 18.4. The molecule has 0 saturated heterocycles. The summed E-state index contributed by atoms with van der Waals surface area (Å²) in [5.41, 5.74) is 5.40. The number of rotatable bonds is 11. The van der Waals surface area contributed by atoms with Gasteiger partial charge in [0.15, 0.2) is 0 Å². The van der Waals surface area contributed by atoms with Crippen molar-refractivity contribution >= 4 is 36.0 Å². The third-order valence-electron chi connectivity index (χ3n) is 9.69. The number of hydrogen-bond acceptors (Lipinski definition) is 10. The van der Waals surface area contributed by atoms with Crippen molar-refractivity contribution in [1.29, 1.82) is 0 Å². The van der Waals surface area contributed by atoms with Crippen molar-refractivity contribution in [1.82, 2.24) is 29.4 Å². The molecule has 324 valence electrons. The lowest BCUT2D eigenvalue weighted by Gasteiger charge is -2.27. The van der Waals surface area contributed by atoms with Crippen molar-refractivity contribution in [3.63, 3.8) is 0 Å². The number of nitrogens with zero attached hydrogens (tertiary/aromatic N) is 5. The van der Waals surface area contributed by atoms with E-state index in [4.69, 9.17) is 8.83 Å². The minimum absolute atomic E-state index is 0.0267. The Hall–Kier alpha value is -4.96. The highest BCUT2D eigenvalue weighted by Crippen LogP contribution is 2.38. The van der Waals surface area contributed by atoms with Crippen molar-refractivity contribution in [3.8, 4) is 22.9 Å². The molecule has 61 heavy (non-hydrogen) atoms. The molecule has 12 nitrogen and oxygen atoms in total. The second-order valence-corrected chi connectivity index (χ2v) is 18.3. The first-order valence-corrected chi connectivity index (χ1v) is 23.2. The summed E-state index contributed by atoms with van der Waals surface area (Å²) in [5.74, 6) is -3.14. The second-order valence-electron chi connectivity index (χ2n) is 14.0. The number of fused-ring (bicyclic) bond motifs is 2. The normalized spacial score (nSPS) is 15.9. The van der Waals surface area contributed by atoms with Gasteiger partial charge in [-0.3, -0.25) is 0 Å². The molecular formula is C40H37BrF6N6O6S2. The van der Waals surface area contributed by atoms with Crippen molar-refractivity contribution in [2.24, 2.45) is 0 Å². The highest BCUT2D eigenvalue weighted by Gasteiger charge is 2.34. The second kappa shape index (κ2) is 19.4. The van der Waals surface area contributed by atoms with E-state index in [2.05, 4.69) is 47.1 Å². The molecular weight excluding hydrogens is 919 g/mol. The van der Waals surface area contributed by atoms with Gasteiger partial charge in [-0.15, -0.1) is 20.4 Å². The molecule has 21 heteroatoms. The number of aryl methyl sites for hydroxylation is 2. The highest BCUT2D eigenvalue weighted by atomic mass is 79.9. The van der Waals surface area contributed by atoms with Crippen LogP contribution in [0.25, 0.3) is 22.9 Å². The van der Waals surface area contributed by atoms with Gasteiger partial charge in [0.2, 0.25) is 31.8 Å². The molecule has 2 aromatic heterocycles. The fourth-order valence-corrected chi connectivity index (χ4v) is 9.15. The highest BCUT2D eigenvalue weighted by molar-refractivity contribution is 9.08. The maximum atomic E-state index is 14.8. The Morgan fingerprint density at radius 3 is 1.67 bits per heavy atom. The molecule has 0 radical (unpaired) electrons. The van der Waals surface area contributed by atoms with E-state index >= 15 is 0 Å². The van der Waals surface area contributed by atoms with Crippen LogP contribution in [0.5, 0.6) is 0 Å². The molecule has 0 bridgehead atoms. The molecule has 0 amide bonds. The number of hydrogen-bond donors (Lipinski definition) is 1. The van der Waals surface area contributed by atoms with Crippen molar-refractivity contribution in [3.05, 3.63) is 142 Å². The Morgan fingerprint density at radius 2 is 1.20 bits per heavy atom. The monoisotopic (exact) mass is 954 g/mol. The zero-order chi connectivity index (χ0) is 44.1. The van der Waals surface area contributed by atoms with Gasteiger partial charge in [-0.05, 0) is 77.8 Å². The summed E-state index contributed by atoms with van der Waals surface area (Å²) in [7, 11) is -6.73. The van der Waals surface area contributed by atoms with Gasteiger partial charge in [-0.2, -0.15) is 21.9 Å². The van der Waals surface area contributed by atoms with E-state index in [9.17, 15) is 43.2 Å². The molecule has 6 aromatic rings. The molecule has 2 aliphatic carbocycles. The van der Waals surface area contributed by atoms with Crippen LogP contribution in [0.3, 0.4) is 0 Å². The quantitative estimate of drug-likeness (QED) is 0.0980. The minimum atomic E-state index is -3.63. The smallest absolute Gasteiger partial charge is 0.314 e. The Labute approximate surface area is 355 Å². The van der Waals surface area contributed by atoms with Gasteiger partial charge in [-0.25, -0.2) is 30.3 Å². The molecule has 0 unspecified atom stereocenters. The minimum Gasteiger partial charge on any atom is -0.415 e. The third-order valence-corrected chi connectivity index (χ3v) is 12.2. The van der Waals surface area contributed by atoms with Crippen LogP contribution < -0.4 is 4.72 Å². The van der Waals surface area contributed by atoms with Crippen molar-refractivity contribution in [2.45, 2.75) is 62.5 Å². The first-order chi connectivity index (χ1) is 28.9. The number of halogens is 7. The lowest BCUT2D eigenvalue weighted by Crippen LogP contribution is -2.33. The lowest BCUT2D eigenvalue weighted by atomic mass is 10.1. The molecule has 0 fully saturated rings. The fraction of sp³-hybridized carbons (Fsp3) is 0.300. The van der Waals surface area contributed by atoms with Gasteiger partial charge in [0, 0.05) is 34.6 Å². The van der Waals surface area contributed by atoms with E-state index in [0.29, 0.717) is 17.3 Å². The van der Waals surface area contributed by atoms with Gasteiger partial charge in [-0.1, -0.05) is 76.6 Å². The van der Waals surface area contributed by atoms with Gasteiger partial charge in [0.05, 0.1) is 18.6 Å². The largest absolute Gasteiger partial charge is 0.415 e. The average Bonchev–Trinajstić information content (AvgIpc) is 4.04. The van der Waals surface area contributed by atoms with Gasteiger partial charge < -0.3 is 8.83 Å². The van der Waals surface area contributed by atoms with Gasteiger partial charge in [0.25, 0.3) is 11.8 Å². The summed E-state index contributed by atoms with van der Waals surface area (Å²) in [6.45, 7) is -0.157. The summed E-state index contributed by atoms with van der Waals surface area (Å²) in [5, 5.41) is 13.7. The molecule has 4 aromatic carbocycles. The molecule has 0 aliphatic heterocycles. The third kappa shape index (κ3) is 11.5. The maximum Gasteiger partial charge on any atom is 0.314 e. The van der Waals surface area contributed by atoms with Crippen LogP contribution in [0.4, 0.5) is 26.3 Å². The molecule has 1 N–H and O–H groups in total. The van der Waals surface area contributed by atoms with Crippen molar-refractivity contribution in [2.75, 3.05) is 12.5 Å². The summed E-state index contributed by atoms with van der Waals surface area (Å²) >= 11 is 3.12. The Morgan fingerprint density at radius 1 is 0.705 bits per heavy atom. The number of aromatic nitrogens is 4. The predicted octanol–water partition coefficient (Wildman–Crippen LogP) is 9.19. The fourth-order valence-electron chi connectivity index (χ4n) is 6.87. The molecule has 2 heterocycles. The van der Waals surface area contributed by atoms with Crippen LogP contribution in [0.2, 0.25) is 0 Å². The lowest BCUT2D eigenvalue weighted by molar-refractivity contribution is 0.115. The van der Waals surface area contributed by atoms with Crippen LogP contribution >= 0.6 is 15.9 Å². The molecule has 0 spiro atoms. The van der Waals surface area contributed by atoms with E-state index < -0.39 is 56.3 Å². The van der Waals surface area contributed by atoms with Gasteiger partial charge in [0.1, 0.15) is 11.6 Å². The van der Waals surface area contributed by atoms with E-state index in [-0.39, 0.29) is 47.1 Å². The van der Waals surface area contributed by atoms with E-state index in [1.807, 2.05) is 42.5 Å². The van der Waals surface area contributed by atoms with Crippen LogP contribution in [-0.2, 0) is 44.8 Å². The van der Waals surface area contributed by atoms with Crippen molar-refractivity contribution < 1.29 is 52.0 Å². The Kier molecular flexibility index (Phi) is 14.5. The number of alkyl halides is 5.